The quantitative estimate of drug-likeness (QED) is 0.392. The molecule has 1 amide bonds. The number of alkyl halides is 3. The van der Waals surface area contributed by atoms with E-state index >= 15 is 0 Å². The second-order valence-electron chi connectivity index (χ2n) is 8.36. The molecule has 3 aromatic rings. The zero-order valence-corrected chi connectivity index (χ0v) is 19.7. The Balaban J connectivity index is 1.86. The van der Waals surface area contributed by atoms with Gasteiger partial charge in [-0.25, -0.2) is 18.2 Å². The summed E-state index contributed by atoms with van der Waals surface area (Å²) >= 11 is 0. The monoisotopic (exact) mass is 545 g/mol. The Hall–Kier alpha value is -3.69. The summed E-state index contributed by atoms with van der Waals surface area (Å²) in [5.74, 6) is -4.98. The predicted octanol–water partition coefficient (Wildman–Crippen LogP) is 2.53. The van der Waals surface area contributed by atoms with E-state index in [0.717, 1.165) is 10.8 Å². The van der Waals surface area contributed by atoms with E-state index in [4.69, 9.17) is 0 Å². The molecule has 0 bridgehead atoms. The predicted molar refractivity (Wildman–Crippen MR) is 122 cm³/mol. The third-order valence-corrected chi connectivity index (χ3v) is 5.85. The summed E-state index contributed by atoms with van der Waals surface area (Å²) < 4.78 is 85.1. The van der Waals surface area contributed by atoms with Gasteiger partial charge in [-0.15, -0.1) is 13.2 Å². The molecule has 2 aromatic heterocycles. The first-order valence-corrected chi connectivity index (χ1v) is 11.3. The highest BCUT2D eigenvalue weighted by Gasteiger charge is 2.31. The van der Waals surface area contributed by atoms with Crippen molar-refractivity contribution in [2.75, 3.05) is 24.6 Å². The van der Waals surface area contributed by atoms with Crippen LogP contribution in [0, 0.1) is 17.5 Å². The summed E-state index contributed by atoms with van der Waals surface area (Å²) in [7, 11) is 0. The molecule has 2 atom stereocenters. The van der Waals surface area contributed by atoms with Crippen LogP contribution in [-0.4, -0.2) is 59.0 Å². The first kappa shape index (κ1) is 27.3. The van der Waals surface area contributed by atoms with E-state index in [-0.39, 0.29) is 23.3 Å². The molecule has 0 radical (unpaired) electrons. The molecule has 15 heteroatoms. The molecule has 1 aliphatic rings. The largest absolute Gasteiger partial charge is 0.522 e. The maximum absolute atomic E-state index is 14.8. The molecule has 4 rings (SSSR count). The molecule has 1 aromatic carbocycles. The van der Waals surface area contributed by atoms with Crippen LogP contribution < -0.4 is 21.0 Å². The van der Waals surface area contributed by atoms with Gasteiger partial charge in [-0.05, 0) is 18.6 Å². The normalized spacial score (nSPS) is 16.7. The minimum Gasteiger partial charge on any atom is -0.361 e. The SMILES string of the molecule is CCC(COC(F)(F)F)NC(=O)c1cn(-c2c(F)cc(F)cc2F)c2nc(N3CCNC3O)ccc2c1=O. The van der Waals surface area contributed by atoms with E-state index in [1.807, 2.05) is 0 Å². The van der Waals surface area contributed by atoms with Crippen LogP contribution in [0.3, 0.4) is 0 Å². The first-order chi connectivity index (χ1) is 17.9. The van der Waals surface area contributed by atoms with Gasteiger partial charge in [0.2, 0.25) is 5.43 Å². The lowest BCUT2D eigenvalue weighted by Crippen LogP contribution is -2.41. The van der Waals surface area contributed by atoms with Gasteiger partial charge in [0.05, 0.1) is 18.0 Å². The number of fused-ring (bicyclic) bond motifs is 1. The van der Waals surface area contributed by atoms with Crippen LogP contribution in [0.5, 0.6) is 0 Å². The zero-order valence-electron chi connectivity index (χ0n) is 19.7. The number of pyridine rings is 2. The summed E-state index contributed by atoms with van der Waals surface area (Å²) in [5.41, 5.74) is -2.77. The van der Waals surface area contributed by atoms with Crippen molar-refractivity contribution < 1.29 is 41.0 Å². The number of hydrogen-bond donors (Lipinski definition) is 3. The highest BCUT2D eigenvalue weighted by atomic mass is 19.4. The highest BCUT2D eigenvalue weighted by Crippen LogP contribution is 2.26. The van der Waals surface area contributed by atoms with Gasteiger partial charge < -0.3 is 15.3 Å². The number of anilines is 1. The third-order valence-electron chi connectivity index (χ3n) is 5.85. The highest BCUT2D eigenvalue weighted by molar-refractivity contribution is 5.97. The number of halogens is 6. The molecule has 3 heterocycles. The van der Waals surface area contributed by atoms with Crippen molar-refractivity contribution in [1.29, 1.82) is 0 Å². The Bertz CT molecular complexity index is 1410. The van der Waals surface area contributed by atoms with Crippen LogP contribution in [0.1, 0.15) is 23.7 Å². The number of rotatable bonds is 7. The number of nitrogens with zero attached hydrogens (tertiary/aromatic N) is 3. The Kier molecular flexibility index (Phi) is 7.62. The molecule has 3 N–H and O–H groups in total. The van der Waals surface area contributed by atoms with Crippen LogP contribution in [0.4, 0.5) is 32.2 Å². The topological polar surface area (TPSA) is 109 Å². The number of aliphatic hydroxyl groups excluding tert-OH is 1. The summed E-state index contributed by atoms with van der Waals surface area (Å²) in [6.45, 7) is 1.23. The number of ether oxygens (including phenoxy) is 1. The van der Waals surface area contributed by atoms with Crippen LogP contribution in [0.15, 0.2) is 35.3 Å². The molecule has 2 unspecified atom stereocenters. The fourth-order valence-corrected chi connectivity index (χ4v) is 3.96. The van der Waals surface area contributed by atoms with Gasteiger partial charge in [-0.2, -0.15) is 0 Å². The van der Waals surface area contributed by atoms with Gasteiger partial charge in [0.15, 0.2) is 23.6 Å². The summed E-state index contributed by atoms with van der Waals surface area (Å²) in [6.07, 6.45) is -5.31. The van der Waals surface area contributed by atoms with Gasteiger partial charge in [0.1, 0.15) is 22.9 Å². The molecule has 1 saturated heterocycles. The third kappa shape index (κ3) is 5.58. The van der Waals surface area contributed by atoms with Crippen molar-refractivity contribution in [2.24, 2.45) is 0 Å². The molecular formula is C23H21F6N5O4. The average molecular weight is 545 g/mol. The minimum atomic E-state index is -4.95. The molecule has 1 aliphatic heterocycles. The lowest BCUT2D eigenvalue weighted by molar-refractivity contribution is -0.326. The number of carbonyl (C=O) groups is 1. The van der Waals surface area contributed by atoms with Crippen LogP contribution in [0.25, 0.3) is 16.7 Å². The Morgan fingerprint density at radius 3 is 2.53 bits per heavy atom. The first-order valence-electron chi connectivity index (χ1n) is 11.3. The molecular weight excluding hydrogens is 524 g/mol. The van der Waals surface area contributed by atoms with Crippen LogP contribution in [0.2, 0.25) is 0 Å². The molecule has 204 valence electrons. The zero-order chi connectivity index (χ0) is 27.8. The van der Waals surface area contributed by atoms with E-state index in [2.05, 4.69) is 20.4 Å². The van der Waals surface area contributed by atoms with Crippen molar-refractivity contribution in [3.05, 3.63) is 63.7 Å². The standard InChI is InChI=1S/C23H21F6N5O4/c1-2-12(10-38-23(27,28)29)31-21(36)14-9-34(18-15(25)7-11(24)8-16(18)26)20-13(19(14)35)3-4-17(32-20)33-6-5-30-22(33)37/h3-4,7-9,12,22,30,37H,2,5-6,10H2,1H3,(H,31,36). The van der Waals surface area contributed by atoms with E-state index in [1.165, 1.54) is 24.0 Å². The van der Waals surface area contributed by atoms with Crippen LogP contribution in [-0.2, 0) is 4.74 Å². The van der Waals surface area contributed by atoms with E-state index in [1.54, 1.807) is 0 Å². The fourth-order valence-electron chi connectivity index (χ4n) is 3.96. The average Bonchev–Trinajstić information content (AvgIpc) is 3.27. The number of amides is 1. The number of aromatic nitrogens is 2. The molecule has 0 aliphatic carbocycles. The van der Waals surface area contributed by atoms with Crippen molar-refractivity contribution in [3.8, 4) is 5.69 Å². The van der Waals surface area contributed by atoms with E-state index < -0.39 is 65.4 Å². The molecule has 1 fully saturated rings. The Morgan fingerprint density at radius 1 is 1.26 bits per heavy atom. The Morgan fingerprint density at radius 2 is 1.95 bits per heavy atom. The maximum Gasteiger partial charge on any atom is 0.522 e. The summed E-state index contributed by atoms with van der Waals surface area (Å²) in [5, 5.41) is 14.8. The summed E-state index contributed by atoms with van der Waals surface area (Å²) in [4.78, 5) is 31.8. The maximum atomic E-state index is 14.8. The van der Waals surface area contributed by atoms with Crippen molar-refractivity contribution in [2.45, 2.75) is 32.1 Å². The number of hydrogen-bond acceptors (Lipinski definition) is 7. The van der Waals surface area contributed by atoms with E-state index in [9.17, 15) is 41.0 Å². The lowest BCUT2D eigenvalue weighted by atomic mass is 10.1. The lowest BCUT2D eigenvalue weighted by Gasteiger charge is -2.22. The number of nitrogens with one attached hydrogen (secondary N) is 2. The van der Waals surface area contributed by atoms with Crippen molar-refractivity contribution in [3.63, 3.8) is 0 Å². The summed E-state index contributed by atoms with van der Waals surface area (Å²) in [6, 6.07) is 2.19. The number of carbonyl (C=O) groups excluding carboxylic acids is 1. The fraction of sp³-hybridized carbons (Fsp3) is 0.348. The molecule has 38 heavy (non-hydrogen) atoms. The molecule has 0 spiro atoms. The van der Waals surface area contributed by atoms with Crippen LogP contribution >= 0.6 is 0 Å². The number of aliphatic hydroxyl groups is 1. The van der Waals surface area contributed by atoms with Crippen molar-refractivity contribution in [1.82, 2.24) is 20.2 Å². The minimum absolute atomic E-state index is 0.00191. The van der Waals surface area contributed by atoms with Gasteiger partial charge in [-0.3, -0.25) is 24.2 Å². The van der Waals surface area contributed by atoms with Gasteiger partial charge in [0.25, 0.3) is 5.91 Å². The van der Waals surface area contributed by atoms with Crippen molar-refractivity contribution >= 4 is 22.8 Å². The smallest absolute Gasteiger partial charge is 0.361 e. The second kappa shape index (κ2) is 10.6. The second-order valence-corrected chi connectivity index (χ2v) is 8.36. The van der Waals surface area contributed by atoms with Gasteiger partial charge in [-0.1, -0.05) is 6.92 Å². The molecule has 0 saturated carbocycles. The Labute approximate surface area is 210 Å². The van der Waals surface area contributed by atoms with E-state index in [0.29, 0.717) is 25.2 Å². The van der Waals surface area contributed by atoms with Gasteiger partial charge >= 0.3 is 6.36 Å². The van der Waals surface area contributed by atoms with Gasteiger partial charge in [0, 0.05) is 31.4 Å². The number of benzene rings is 1. The molecule has 9 nitrogen and oxygen atoms in total.